The molecule has 184 valence electrons. The molecule has 0 aliphatic heterocycles. The molecule has 0 saturated carbocycles. The first kappa shape index (κ1) is 24.9. The number of aryl methyl sites for hydroxylation is 2. The van der Waals surface area contributed by atoms with Gasteiger partial charge in [-0.05, 0) is 53.8 Å². The van der Waals surface area contributed by atoms with Gasteiger partial charge in [-0.1, -0.05) is 44.0 Å². The quantitative estimate of drug-likeness (QED) is 0.297. The minimum absolute atomic E-state index is 0.161. The van der Waals surface area contributed by atoms with Crippen LogP contribution in [0.5, 0.6) is 17.2 Å². The molecule has 0 fully saturated rings. The Bertz CT molecular complexity index is 1440. The van der Waals surface area contributed by atoms with Gasteiger partial charge in [0.1, 0.15) is 23.9 Å². The Kier molecular flexibility index (Phi) is 7.60. The van der Waals surface area contributed by atoms with Crippen LogP contribution in [-0.4, -0.2) is 30.4 Å². The molecule has 0 amide bonds. The van der Waals surface area contributed by atoms with E-state index in [-0.39, 0.29) is 12.3 Å². The van der Waals surface area contributed by atoms with Gasteiger partial charge in [0.2, 0.25) is 0 Å². The highest BCUT2D eigenvalue weighted by molar-refractivity contribution is 5.93. The maximum Gasteiger partial charge on any atom is 0.348 e. The number of ether oxygens (including phenoxy) is 3. The Hall–Kier alpha value is -4.24. The summed E-state index contributed by atoms with van der Waals surface area (Å²) in [6.07, 6.45) is 5.98. The molecule has 6 heteroatoms. The van der Waals surface area contributed by atoms with E-state index in [1.165, 1.54) is 5.56 Å². The van der Waals surface area contributed by atoms with Gasteiger partial charge in [-0.2, -0.15) is 4.98 Å². The highest BCUT2D eigenvalue weighted by atomic mass is 16.5. The Morgan fingerprint density at radius 2 is 1.64 bits per heavy atom. The molecule has 0 N–H and O–H groups in total. The minimum Gasteiger partial charge on any atom is -0.497 e. The Morgan fingerprint density at radius 1 is 0.944 bits per heavy atom. The highest BCUT2D eigenvalue weighted by Gasteiger charge is 2.14. The van der Waals surface area contributed by atoms with E-state index >= 15 is 0 Å². The SMILES string of the molecule is C#CCOc1ccc2c(c1)c(-c1ccc(C(C)C)cc1)nc(=O)n2CCc1cc(OC)cc(OC)c1. The number of benzene rings is 3. The fraction of sp³-hybridized carbons (Fsp3) is 0.267. The van der Waals surface area contributed by atoms with E-state index in [0.29, 0.717) is 41.8 Å². The van der Waals surface area contributed by atoms with E-state index < -0.39 is 0 Å². The number of hydrogen-bond donors (Lipinski definition) is 0. The van der Waals surface area contributed by atoms with Gasteiger partial charge in [-0.15, -0.1) is 6.42 Å². The number of methoxy groups -OCH3 is 2. The van der Waals surface area contributed by atoms with Crippen molar-refractivity contribution < 1.29 is 14.2 Å². The maximum absolute atomic E-state index is 13.3. The monoisotopic (exact) mass is 482 g/mol. The lowest BCUT2D eigenvalue weighted by Gasteiger charge is -2.15. The summed E-state index contributed by atoms with van der Waals surface area (Å²) in [7, 11) is 3.24. The molecule has 4 aromatic rings. The van der Waals surface area contributed by atoms with Gasteiger partial charge in [0.05, 0.1) is 25.4 Å². The molecule has 1 heterocycles. The van der Waals surface area contributed by atoms with Crippen molar-refractivity contribution in [1.82, 2.24) is 9.55 Å². The molecular weight excluding hydrogens is 452 g/mol. The molecule has 6 nitrogen and oxygen atoms in total. The first-order valence-corrected chi connectivity index (χ1v) is 11.9. The second-order valence-electron chi connectivity index (χ2n) is 8.81. The summed E-state index contributed by atoms with van der Waals surface area (Å²) in [5.41, 5.74) is 4.19. The lowest BCUT2D eigenvalue weighted by atomic mass is 9.99. The molecule has 3 aromatic carbocycles. The van der Waals surface area contributed by atoms with Gasteiger partial charge in [0, 0.05) is 23.6 Å². The highest BCUT2D eigenvalue weighted by Crippen LogP contribution is 2.30. The van der Waals surface area contributed by atoms with E-state index in [0.717, 1.165) is 22.0 Å². The largest absolute Gasteiger partial charge is 0.497 e. The van der Waals surface area contributed by atoms with Crippen molar-refractivity contribution in [2.75, 3.05) is 20.8 Å². The molecule has 0 atom stereocenters. The fourth-order valence-corrected chi connectivity index (χ4v) is 4.19. The normalized spacial score (nSPS) is 10.9. The summed E-state index contributed by atoms with van der Waals surface area (Å²) in [6, 6.07) is 19.5. The predicted octanol–water partition coefficient (Wildman–Crippen LogP) is 5.46. The van der Waals surface area contributed by atoms with Crippen LogP contribution in [0.25, 0.3) is 22.2 Å². The number of hydrogen-bond acceptors (Lipinski definition) is 5. The van der Waals surface area contributed by atoms with Gasteiger partial charge >= 0.3 is 5.69 Å². The van der Waals surface area contributed by atoms with E-state index in [4.69, 9.17) is 20.6 Å². The smallest absolute Gasteiger partial charge is 0.348 e. The van der Waals surface area contributed by atoms with Crippen LogP contribution in [0.15, 0.2) is 65.5 Å². The molecule has 0 aliphatic carbocycles. The van der Waals surface area contributed by atoms with E-state index in [9.17, 15) is 4.79 Å². The third-order valence-corrected chi connectivity index (χ3v) is 6.16. The summed E-state index contributed by atoms with van der Waals surface area (Å²) in [6.45, 7) is 4.90. The summed E-state index contributed by atoms with van der Waals surface area (Å²) in [5, 5.41) is 0.824. The summed E-state index contributed by atoms with van der Waals surface area (Å²) in [4.78, 5) is 17.8. The summed E-state index contributed by atoms with van der Waals surface area (Å²) >= 11 is 0. The van der Waals surface area contributed by atoms with Crippen LogP contribution in [0.3, 0.4) is 0 Å². The van der Waals surface area contributed by atoms with E-state index in [1.54, 1.807) is 18.8 Å². The number of aromatic nitrogens is 2. The third-order valence-electron chi connectivity index (χ3n) is 6.16. The van der Waals surface area contributed by atoms with Gasteiger partial charge < -0.3 is 14.2 Å². The number of terminal acetylenes is 1. The van der Waals surface area contributed by atoms with Gasteiger partial charge in [0.25, 0.3) is 0 Å². The van der Waals surface area contributed by atoms with Gasteiger partial charge in [0.15, 0.2) is 0 Å². The maximum atomic E-state index is 13.3. The molecule has 36 heavy (non-hydrogen) atoms. The molecule has 0 unspecified atom stereocenters. The zero-order valence-electron chi connectivity index (χ0n) is 21.1. The summed E-state index contributed by atoms with van der Waals surface area (Å²) in [5.74, 6) is 4.94. The average Bonchev–Trinajstić information content (AvgIpc) is 2.90. The molecule has 0 radical (unpaired) electrons. The molecule has 0 spiro atoms. The Balaban J connectivity index is 1.79. The lowest BCUT2D eigenvalue weighted by Crippen LogP contribution is -2.25. The van der Waals surface area contributed by atoms with E-state index in [2.05, 4.69) is 36.9 Å². The van der Waals surface area contributed by atoms with Gasteiger partial charge in [-0.3, -0.25) is 4.57 Å². The first-order valence-electron chi connectivity index (χ1n) is 11.9. The van der Waals surface area contributed by atoms with Crippen LogP contribution in [-0.2, 0) is 13.0 Å². The zero-order chi connectivity index (χ0) is 25.7. The zero-order valence-corrected chi connectivity index (χ0v) is 21.1. The van der Waals surface area contributed by atoms with Crippen molar-refractivity contribution in [1.29, 1.82) is 0 Å². The average molecular weight is 483 g/mol. The topological polar surface area (TPSA) is 62.6 Å². The molecular formula is C30H30N2O4. The van der Waals surface area contributed by atoms with Crippen molar-refractivity contribution in [3.8, 4) is 40.8 Å². The van der Waals surface area contributed by atoms with Gasteiger partial charge in [-0.25, -0.2) is 4.79 Å². The molecule has 0 bridgehead atoms. The summed E-state index contributed by atoms with van der Waals surface area (Å²) < 4.78 is 18.1. The minimum atomic E-state index is -0.308. The van der Waals surface area contributed by atoms with Crippen LogP contribution in [0.4, 0.5) is 0 Å². The van der Waals surface area contributed by atoms with Crippen LogP contribution in [0, 0.1) is 12.3 Å². The molecule has 0 saturated heterocycles. The van der Waals surface area contributed by atoms with Crippen molar-refractivity contribution in [2.24, 2.45) is 0 Å². The van der Waals surface area contributed by atoms with Crippen LogP contribution >= 0.6 is 0 Å². The lowest BCUT2D eigenvalue weighted by molar-refractivity contribution is 0.371. The Morgan fingerprint density at radius 3 is 2.25 bits per heavy atom. The van der Waals surface area contributed by atoms with Crippen molar-refractivity contribution in [3.05, 3.63) is 82.3 Å². The van der Waals surface area contributed by atoms with E-state index in [1.807, 2.05) is 48.5 Å². The standard InChI is InChI=1S/C30H30N2O4/c1-6-15-36-24-11-12-28-27(19-24)29(23-9-7-22(8-10-23)20(2)3)31-30(33)32(28)14-13-21-16-25(34-4)18-26(17-21)35-5/h1,7-12,16-20H,13-15H2,2-5H3. The number of fused-ring (bicyclic) bond motifs is 1. The molecule has 1 aromatic heterocycles. The second-order valence-corrected chi connectivity index (χ2v) is 8.81. The third kappa shape index (κ3) is 5.36. The molecule has 4 rings (SSSR count). The van der Waals surface area contributed by atoms with Crippen molar-refractivity contribution >= 4 is 10.9 Å². The van der Waals surface area contributed by atoms with Crippen LogP contribution in [0.2, 0.25) is 0 Å². The number of nitrogens with zero attached hydrogens (tertiary/aromatic N) is 2. The van der Waals surface area contributed by atoms with Crippen LogP contribution < -0.4 is 19.9 Å². The second kappa shape index (κ2) is 11.0. The van der Waals surface area contributed by atoms with Crippen molar-refractivity contribution in [2.45, 2.75) is 32.7 Å². The first-order chi connectivity index (χ1) is 17.4. The fourth-order valence-electron chi connectivity index (χ4n) is 4.19. The van der Waals surface area contributed by atoms with Crippen molar-refractivity contribution in [3.63, 3.8) is 0 Å². The Labute approximate surface area is 211 Å². The molecule has 0 aliphatic rings. The number of rotatable bonds is 9. The predicted molar refractivity (Wildman–Crippen MR) is 143 cm³/mol. The van der Waals surface area contributed by atoms with Crippen LogP contribution in [0.1, 0.15) is 30.9 Å².